The number of aliphatic carboxylic acids is 1. The summed E-state index contributed by atoms with van der Waals surface area (Å²) in [6, 6.07) is -0.716. The summed E-state index contributed by atoms with van der Waals surface area (Å²) in [4.78, 5) is 10.1. The third-order valence-corrected chi connectivity index (χ3v) is 1.29. The fourth-order valence-electron chi connectivity index (χ4n) is 0.632. The van der Waals surface area contributed by atoms with Crippen LogP contribution in [0.15, 0.2) is 0 Å². The fourth-order valence-corrected chi connectivity index (χ4v) is 0.632. The van der Waals surface area contributed by atoms with Crippen LogP contribution in [0.5, 0.6) is 0 Å². The molecule has 0 radical (unpaired) electrons. The molecular formula is C6H16N2O2. The molecule has 4 heteroatoms. The van der Waals surface area contributed by atoms with Gasteiger partial charge in [-0.25, -0.2) is 0 Å². The number of carboxylic acid groups (broad SMARTS) is 1. The lowest BCUT2D eigenvalue weighted by Gasteiger charge is -2.03. The second kappa shape index (κ2) is 5.20. The summed E-state index contributed by atoms with van der Waals surface area (Å²) in [6.45, 7) is 0.604. The zero-order valence-electron chi connectivity index (χ0n) is 5.92. The summed E-state index contributed by atoms with van der Waals surface area (Å²) in [5, 5.41) is 8.33. The SMILES string of the molecule is NCCCCC(N)C(=O)O.[2HH]. The Morgan fingerprint density at radius 3 is 2.60 bits per heavy atom. The van der Waals surface area contributed by atoms with E-state index < -0.39 is 12.0 Å². The van der Waals surface area contributed by atoms with Gasteiger partial charge in [0.1, 0.15) is 6.04 Å². The lowest BCUT2D eigenvalue weighted by molar-refractivity contribution is -0.138. The Balaban J connectivity index is 0. The standard InChI is InChI=1S/C6H14N2O2.H2/c7-4-2-1-3-5(8)6(9)10;/h5H,1-4,7-8H2,(H,9,10);1H/i;1+1. The Hall–Kier alpha value is -0.610. The average molecular weight is 149 g/mol. The second-order valence-electron chi connectivity index (χ2n) is 2.23. The Morgan fingerprint density at radius 2 is 2.20 bits per heavy atom. The van der Waals surface area contributed by atoms with Gasteiger partial charge in [0.05, 0.1) is 0 Å². The van der Waals surface area contributed by atoms with Crippen LogP contribution in [-0.2, 0) is 4.79 Å². The lowest BCUT2D eigenvalue weighted by Crippen LogP contribution is -2.29. The number of hydrogen-bond donors (Lipinski definition) is 3. The molecule has 0 saturated carbocycles. The van der Waals surface area contributed by atoms with Crippen LogP contribution in [0.2, 0.25) is 0 Å². The molecule has 4 nitrogen and oxygen atoms in total. The van der Waals surface area contributed by atoms with Crippen molar-refractivity contribution in [1.29, 1.82) is 0 Å². The highest BCUT2D eigenvalue weighted by Crippen LogP contribution is 1.96. The van der Waals surface area contributed by atoms with Gasteiger partial charge < -0.3 is 16.6 Å². The van der Waals surface area contributed by atoms with E-state index in [0.29, 0.717) is 13.0 Å². The molecule has 0 rings (SSSR count). The van der Waals surface area contributed by atoms with Gasteiger partial charge in [-0.3, -0.25) is 4.79 Å². The first-order valence-corrected chi connectivity index (χ1v) is 3.37. The first-order chi connectivity index (χ1) is 4.68. The topological polar surface area (TPSA) is 89.3 Å². The zero-order valence-corrected chi connectivity index (χ0v) is 5.92. The molecule has 0 amide bonds. The number of carbonyl (C=O) groups is 1. The molecular weight excluding hydrogens is 132 g/mol. The molecule has 0 fully saturated rings. The van der Waals surface area contributed by atoms with Gasteiger partial charge in [-0.05, 0) is 19.4 Å². The normalized spacial score (nSPS) is 13.0. The van der Waals surface area contributed by atoms with Crippen LogP contribution >= 0.6 is 0 Å². The number of nitrogens with two attached hydrogens (primary N) is 2. The minimum absolute atomic E-state index is 0. The van der Waals surface area contributed by atoms with Crippen molar-refractivity contribution in [2.75, 3.05) is 6.54 Å². The molecule has 0 aliphatic carbocycles. The van der Waals surface area contributed by atoms with Crippen molar-refractivity contribution in [3.63, 3.8) is 0 Å². The lowest BCUT2D eigenvalue weighted by atomic mass is 10.1. The van der Waals surface area contributed by atoms with Crippen LogP contribution in [0, 0.1) is 0 Å². The van der Waals surface area contributed by atoms with E-state index >= 15 is 0 Å². The zero-order chi connectivity index (χ0) is 7.98. The van der Waals surface area contributed by atoms with E-state index in [1.54, 1.807) is 0 Å². The summed E-state index contributed by atoms with van der Waals surface area (Å²) >= 11 is 0. The monoisotopic (exact) mass is 149 g/mol. The number of rotatable bonds is 5. The molecule has 62 valence electrons. The van der Waals surface area contributed by atoms with Crippen molar-refractivity contribution >= 4 is 5.97 Å². The molecule has 1 unspecified atom stereocenters. The minimum Gasteiger partial charge on any atom is -0.480 e. The molecule has 0 aromatic carbocycles. The van der Waals surface area contributed by atoms with E-state index in [4.69, 9.17) is 16.6 Å². The van der Waals surface area contributed by atoms with Crippen molar-refractivity contribution in [3.05, 3.63) is 0 Å². The first-order valence-electron chi connectivity index (χ1n) is 3.37. The van der Waals surface area contributed by atoms with E-state index in [1.807, 2.05) is 0 Å². The van der Waals surface area contributed by atoms with E-state index in [-0.39, 0.29) is 1.43 Å². The maximum absolute atomic E-state index is 10.1. The van der Waals surface area contributed by atoms with Crippen LogP contribution in [0.4, 0.5) is 0 Å². The Labute approximate surface area is 61.7 Å². The van der Waals surface area contributed by atoms with Gasteiger partial charge in [0, 0.05) is 1.43 Å². The Bertz CT molecular complexity index is 111. The molecule has 0 saturated heterocycles. The van der Waals surface area contributed by atoms with Gasteiger partial charge in [0.15, 0.2) is 0 Å². The summed E-state index contributed by atoms with van der Waals surface area (Å²) in [5.74, 6) is -0.933. The largest absolute Gasteiger partial charge is 0.480 e. The minimum atomic E-state index is -0.933. The van der Waals surface area contributed by atoms with Gasteiger partial charge in [0.2, 0.25) is 0 Å². The molecule has 0 aliphatic heterocycles. The van der Waals surface area contributed by atoms with Crippen molar-refractivity contribution in [2.45, 2.75) is 25.3 Å². The summed E-state index contributed by atoms with van der Waals surface area (Å²) < 4.78 is 0. The van der Waals surface area contributed by atoms with Gasteiger partial charge in [-0.15, -0.1) is 0 Å². The Morgan fingerprint density at radius 1 is 1.60 bits per heavy atom. The predicted molar refractivity (Wildman–Crippen MR) is 40.6 cm³/mol. The highest BCUT2D eigenvalue weighted by atomic mass is 16.4. The molecule has 0 aliphatic rings. The van der Waals surface area contributed by atoms with Crippen LogP contribution in [0.1, 0.15) is 20.7 Å². The molecule has 0 bridgehead atoms. The molecule has 5 N–H and O–H groups in total. The molecule has 10 heavy (non-hydrogen) atoms. The molecule has 0 heterocycles. The van der Waals surface area contributed by atoms with Gasteiger partial charge in [-0.2, -0.15) is 0 Å². The highest BCUT2D eigenvalue weighted by Gasteiger charge is 2.09. The van der Waals surface area contributed by atoms with E-state index in [9.17, 15) is 4.79 Å². The number of hydrogen-bond acceptors (Lipinski definition) is 3. The van der Waals surface area contributed by atoms with Crippen molar-refractivity contribution in [1.82, 2.24) is 0 Å². The second-order valence-corrected chi connectivity index (χ2v) is 2.23. The smallest absolute Gasteiger partial charge is 0.320 e. The Kier molecular flexibility index (Phi) is 4.88. The highest BCUT2D eigenvalue weighted by molar-refractivity contribution is 5.72. The van der Waals surface area contributed by atoms with Crippen LogP contribution in [-0.4, -0.2) is 23.7 Å². The van der Waals surface area contributed by atoms with E-state index in [2.05, 4.69) is 0 Å². The van der Waals surface area contributed by atoms with Crippen LogP contribution in [0.25, 0.3) is 0 Å². The van der Waals surface area contributed by atoms with Gasteiger partial charge in [0.25, 0.3) is 0 Å². The van der Waals surface area contributed by atoms with E-state index in [1.165, 1.54) is 0 Å². The third-order valence-electron chi connectivity index (χ3n) is 1.29. The summed E-state index contributed by atoms with van der Waals surface area (Å²) in [5.41, 5.74) is 10.4. The van der Waals surface area contributed by atoms with Gasteiger partial charge >= 0.3 is 5.97 Å². The maximum Gasteiger partial charge on any atom is 0.320 e. The molecule has 0 aromatic heterocycles. The van der Waals surface area contributed by atoms with E-state index in [0.717, 1.165) is 12.8 Å². The molecule has 0 spiro atoms. The summed E-state index contributed by atoms with van der Waals surface area (Å²) in [6.07, 6.45) is 2.16. The van der Waals surface area contributed by atoms with Crippen LogP contribution < -0.4 is 11.5 Å². The van der Waals surface area contributed by atoms with Crippen molar-refractivity contribution in [3.8, 4) is 0 Å². The van der Waals surface area contributed by atoms with Gasteiger partial charge in [-0.1, -0.05) is 6.42 Å². The predicted octanol–water partition coefficient (Wildman–Crippen LogP) is -0.227. The fraction of sp³-hybridized carbons (Fsp3) is 0.833. The molecule has 1 atom stereocenters. The van der Waals surface area contributed by atoms with Crippen molar-refractivity contribution < 1.29 is 11.3 Å². The number of carboxylic acids is 1. The average Bonchev–Trinajstić information content (AvgIpc) is 1.88. The number of unbranched alkanes of at least 4 members (excludes halogenated alkanes) is 1. The molecule has 0 aromatic rings. The maximum atomic E-state index is 10.1. The van der Waals surface area contributed by atoms with Crippen molar-refractivity contribution in [2.24, 2.45) is 11.5 Å². The summed E-state index contributed by atoms with van der Waals surface area (Å²) in [7, 11) is 0. The first kappa shape index (κ1) is 9.39. The van der Waals surface area contributed by atoms with Crippen LogP contribution in [0.3, 0.4) is 0 Å². The third kappa shape index (κ3) is 4.29. The quantitative estimate of drug-likeness (QED) is 0.471.